The van der Waals surface area contributed by atoms with Crippen molar-refractivity contribution in [2.24, 2.45) is 5.92 Å². The molecular weight excluding hydrogens is 360 g/mol. The SMILES string of the molecule is O=C(CC1CCS(=O)(=O)C1)NC1CCN(Cc2ccc(Cl)cc2)CC1. The summed E-state index contributed by atoms with van der Waals surface area (Å²) in [5, 5.41) is 3.84. The number of hydrogen-bond donors (Lipinski definition) is 1. The first kappa shape index (κ1) is 18.7. The summed E-state index contributed by atoms with van der Waals surface area (Å²) >= 11 is 5.91. The number of carbonyl (C=O) groups is 1. The number of likely N-dealkylation sites (tertiary alicyclic amines) is 1. The predicted molar refractivity (Wildman–Crippen MR) is 99.3 cm³/mol. The number of nitrogens with zero attached hydrogens (tertiary/aromatic N) is 1. The van der Waals surface area contributed by atoms with Crippen molar-refractivity contribution in [2.75, 3.05) is 24.6 Å². The fourth-order valence-corrected chi connectivity index (χ4v) is 5.65. The van der Waals surface area contributed by atoms with Gasteiger partial charge in [0, 0.05) is 37.1 Å². The molecule has 7 heteroatoms. The van der Waals surface area contributed by atoms with E-state index in [9.17, 15) is 13.2 Å². The molecule has 0 bridgehead atoms. The number of carbonyl (C=O) groups excluding carboxylic acids is 1. The lowest BCUT2D eigenvalue weighted by Crippen LogP contribution is -2.44. The van der Waals surface area contributed by atoms with E-state index in [4.69, 9.17) is 11.6 Å². The van der Waals surface area contributed by atoms with Gasteiger partial charge in [-0.05, 0) is 42.9 Å². The summed E-state index contributed by atoms with van der Waals surface area (Å²) in [6.45, 7) is 2.80. The molecule has 1 aromatic rings. The molecule has 5 nitrogen and oxygen atoms in total. The van der Waals surface area contributed by atoms with Gasteiger partial charge < -0.3 is 5.32 Å². The summed E-state index contributed by atoms with van der Waals surface area (Å²) in [6.07, 6.45) is 2.82. The van der Waals surface area contributed by atoms with Crippen LogP contribution in [0.1, 0.15) is 31.2 Å². The van der Waals surface area contributed by atoms with Crippen molar-refractivity contribution >= 4 is 27.3 Å². The molecule has 0 aromatic heterocycles. The summed E-state index contributed by atoms with van der Waals surface area (Å²) in [5.74, 6) is 0.391. The van der Waals surface area contributed by atoms with Gasteiger partial charge in [0.2, 0.25) is 5.91 Å². The molecule has 0 spiro atoms. The topological polar surface area (TPSA) is 66.5 Å². The normalized spacial score (nSPS) is 24.3. The van der Waals surface area contributed by atoms with Gasteiger partial charge in [-0.25, -0.2) is 8.42 Å². The Hall–Kier alpha value is -1.11. The van der Waals surface area contributed by atoms with Gasteiger partial charge in [0.05, 0.1) is 11.5 Å². The molecule has 0 radical (unpaired) electrons. The van der Waals surface area contributed by atoms with Crippen molar-refractivity contribution in [3.63, 3.8) is 0 Å². The second-order valence-corrected chi connectivity index (χ2v) is 9.88. The van der Waals surface area contributed by atoms with Crippen molar-refractivity contribution in [2.45, 2.75) is 38.3 Å². The Morgan fingerprint density at radius 3 is 2.44 bits per heavy atom. The molecule has 2 fully saturated rings. The van der Waals surface area contributed by atoms with Crippen molar-refractivity contribution in [3.8, 4) is 0 Å². The van der Waals surface area contributed by atoms with Crippen LogP contribution in [0.2, 0.25) is 5.02 Å². The van der Waals surface area contributed by atoms with Gasteiger partial charge in [-0.2, -0.15) is 0 Å². The van der Waals surface area contributed by atoms with Gasteiger partial charge >= 0.3 is 0 Å². The van der Waals surface area contributed by atoms with E-state index >= 15 is 0 Å². The maximum absolute atomic E-state index is 12.2. The van der Waals surface area contributed by atoms with E-state index in [1.54, 1.807) is 0 Å². The number of benzene rings is 1. The highest BCUT2D eigenvalue weighted by Gasteiger charge is 2.30. The summed E-state index contributed by atoms with van der Waals surface area (Å²) < 4.78 is 22.9. The quantitative estimate of drug-likeness (QED) is 0.845. The smallest absolute Gasteiger partial charge is 0.220 e. The van der Waals surface area contributed by atoms with Crippen LogP contribution in [0.4, 0.5) is 0 Å². The second-order valence-electron chi connectivity index (χ2n) is 7.22. The first-order chi connectivity index (χ1) is 11.9. The minimum atomic E-state index is -2.91. The van der Waals surface area contributed by atoms with Crippen LogP contribution in [0.5, 0.6) is 0 Å². The minimum absolute atomic E-state index is 0.00162. The molecule has 1 N–H and O–H groups in total. The third-order valence-corrected chi connectivity index (χ3v) is 7.16. The molecule has 3 rings (SSSR count). The predicted octanol–water partition coefficient (Wildman–Crippen LogP) is 2.25. The van der Waals surface area contributed by atoms with Crippen LogP contribution in [-0.4, -0.2) is 49.9 Å². The van der Waals surface area contributed by atoms with E-state index in [2.05, 4.69) is 10.2 Å². The summed E-state index contributed by atoms with van der Waals surface area (Å²) in [5.41, 5.74) is 1.24. The molecule has 1 unspecified atom stereocenters. The molecule has 1 amide bonds. The second kappa shape index (κ2) is 8.06. The highest BCUT2D eigenvalue weighted by molar-refractivity contribution is 7.91. The van der Waals surface area contributed by atoms with E-state index in [0.29, 0.717) is 12.8 Å². The Bertz CT molecular complexity index is 698. The number of sulfone groups is 1. The Morgan fingerprint density at radius 1 is 1.16 bits per heavy atom. The van der Waals surface area contributed by atoms with Crippen LogP contribution < -0.4 is 5.32 Å². The minimum Gasteiger partial charge on any atom is -0.353 e. The van der Waals surface area contributed by atoms with Crippen molar-refractivity contribution in [3.05, 3.63) is 34.9 Å². The molecular formula is C18H25ClN2O3S. The average Bonchev–Trinajstić information content (AvgIpc) is 2.90. The number of piperidine rings is 1. The molecule has 1 atom stereocenters. The Labute approximate surface area is 154 Å². The molecule has 0 saturated carbocycles. The van der Waals surface area contributed by atoms with Gasteiger partial charge in [-0.3, -0.25) is 9.69 Å². The molecule has 2 heterocycles. The van der Waals surface area contributed by atoms with E-state index in [0.717, 1.165) is 37.5 Å². The third-order valence-electron chi connectivity index (χ3n) is 5.07. The molecule has 138 valence electrons. The number of rotatable bonds is 5. The molecule has 25 heavy (non-hydrogen) atoms. The van der Waals surface area contributed by atoms with Crippen LogP contribution in [0.25, 0.3) is 0 Å². The van der Waals surface area contributed by atoms with E-state index < -0.39 is 9.84 Å². The zero-order valence-corrected chi connectivity index (χ0v) is 15.9. The van der Waals surface area contributed by atoms with Gasteiger partial charge in [0.1, 0.15) is 0 Å². The van der Waals surface area contributed by atoms with E-state index in [-0.39, 0.29) is 29.4 Å². The lowest BCUT2D eigenvalue weighted by atomic mass is 10.0. The maximum Gasteiger partial charge on any atom is 0.220 e. The maximum atomic E-state index is 12.2. The van der Waals surface area contributed by atoms with Crippen LogP contribution in [-0.2, 0) is 21.2 Å². The number of halogens is 1. The average molecular weight is 385 g/mol. The van der Waals surface area contributed by atoms with Gasteiger partial charge in [0.25, 0.3) is 0 Å². The zero-order chi connectivity index (χ0) is 17.9. The highest BCUT2D eigenvalue weighted by Crippen LogP contribution is 2.22. The van der Waals surface area contributed by atoms with Crippen LogP contribution in [0, 0.1) is 5.92 Å². The summed E-state index contributed by atoms with van der Waals surface area (Å²) in [4.78, 5) is 14.5. The lowest BCUT2D eigenvalue weighted by Gasteiger charge is -2.32. The number of nitrogens with one attached hydrogen (secondary N) is 1. The lowest BCUT2D eigenvalue weighted by molar-refractivity contribution is -0.122. The largest absolute Gasteiger partial charge is 0.353 e. The summed E-state index contributed by atoms with van der Waals surface area (Å²) in [7, 11) is -2.91. The third kappa shape index (κ3) is 5.69. The monoisotopic (exact) mass is 384 g/mol. The first-order valence-electron chi connectivity index (χ1n) is 8.86. The molecule has 2 aliphatic rings. The highest BCUT2D eigenvalue weighted by atomic mass is 35.5. The Morgan fingerprint density at radius 2 is 1.84 bits per heavy atom. The van der Waals surface area contributed by atoms with Crippen molar-refractivity contribution in [1.82, 2.24) is 10.2 Å². The van der Waals surface area contributed by atoms with Crippen LogP contribution in [0.15, 0.2) is 24.3 Å². The zero-order valence-electron chi connectivity index (χ0n) is 14.3. The van der Waals surface area contributed by atoms with E-state index in [1.165, 1.54) is 5.56 Å². The van der Waals surface area contributed by atoms with Gasteiger partial charge in [-0.15, -0.1) is 0 Å². The van der Waals surface area contributed by atoms with Crippen molar-refractivity contribution in [1.29, 1.82) is 0 Å². The Balaban J connectivity index is 1.38. The molecule has 2 aliphatic heterocycles. The first-order valence-corrected chi connectivity index (χ1v) is 11.1. The van der Waals surface area contributed by atoms with Crippen molar-refractivity contribution < 1.29 is 13.2 Å². The molecule has 0 aliphatic carbocycles. The summed E-state index contributed by atoms with van der Waals surface area (Å²) in [6, 6.07) is 8.12. The standard InChI is InChI=1S/C18H25ClN2O3S/c19-16-3-1-14(2-4-16)12-21-8-5-17(6-9-21)20-18(22)11-15-7-10-25(23,24)13-15/h1-4,15,17H,5-13H2,(H,20,22). The van der Waals surface area contributed by atoms with Crippen LogP contribution >= 0.6 is 11.6 Å². The van der Waals surface area contributed by atoms with Crippen LogP contribution in [0.3, 0.4) is 0 Å². The fraction of sp³-hybridized carbons (Fsp3) is 0.611. The van der Waals surface area contributed by atoms with Gasteiger partial charge in [0.15, 0.2) is 9.84 Å². The Kier molecular flexibility index (Phi) is 6.02. The van der Waals surface area contributed by atoms with Gasteiger partial charge in [-0.1, -0.05) is 23.7 Å². The number of hydrogen-bond acceptors (Lipinski definition) is 4. The molecule has 2 saturated heterocycles. The van der Waals surface area contributed by atoms with E-state index in [1.807, 2.05) is 24.3 Å². The fourth-order valence-electron chi connectivity index (χ4n) is 3.67. The number of amides is 1. The molecule has 1 aromatic carbocycles.